The number of carbonyl (C=O) groups is 5. The molecule has 0 bridgehead atoms. The maximum Gasteiger partial charge on any atom is 0.335 e. The van der Waals surface area contributed by atoms with Crippen LogP contribution >= 0.6 is 0 Å². The third-order valence-electron chi connectivity index (χ3n) is 4.15. The highest BCUT2D eigenvalue weighted by Crippen LogP contribution is 2.26. The van der Waals surface area contributed by atoms with Crippen molar-refractivity contribution >= 4 is 29.6 Å². The number of amides is 4. The van der Waals surface area contributed by atoms with Crippen molar-refractivity contribution in [2.24, 2.45) is 17.8 Å². The van der Waals surface area contributed by atoms with Crippen LogP contribution in [0.4, 0.5) is 0 Å². The molecule has 8 heteroatoms. The van der Waals surface area contributed by atoms with Crippen LogP contribution in [0.3, 0.4) is 0 Å². The number of nitrogens with zero attached hydrogens (tertiary/aromatic N) is 2. The highest BCUT2D eigenvalue weighted by Gasteiger charge is 2.41. The summed E-state index contributed by atoms with van der Waals surface area (Å²) in [6.07, 6.45) is -0.106. The smallest absolute Gasteiger partial charge is 0.330 e. The second-order valence-corrected chi connectivity index (χ2v) is 6.28. The van der Waals surface area contributed by atoms with Crippen LogP contribution in [0.5, 0.6) is 0 Å². The van der Waals surface area contributed by atoms with Gasteiger partial charge in [-0.3, -0.25) is 24.1 Å². The highest BCUT2D eigenvalue weighted by atomic mass is 16.7. The van der Waals surface area contributed by atoms with Gasteiger partial charge in [-0.25, -0.2) is 4.79 Å². The van der Waals surface area contributed by atoms with E-state index in [4.69, 9.17) is 4.84 Å². The second-order valence-electron chi connectivity index (χ2n) is 6.28. The van der Waals surface area contributed by atoms with Crippen molar-refractivity contribution in [3.8, 4) is 0 Å². The van der Waals surface area contributed by atoms with Crippen molar-refractivity contribution in [1.82, 2.24) is 9.96 Å². The predicted molar refractivity (Wildman–Crippen MR) is 76.0 cm³/mol. The Bertz CT molecular complexity index is 570. The Morgan fingerprint density at radius 1 is 1.13 bits per heavy atom. The summed E-state index contributed by atoms with van der Waals surface area (Å²) in [7, 11) is 0. The minimum atomic E-state index is -0.825. The van der Waals surface area contributed by atoms with E-state index in [2.05, 4.69) is 0 Å². The molecule has 126 valence electrons. The zero-order valence-corrected chi connectivity index (χ0v) is 13.4. The van der Waals surface area contributed by atoms with Gasteiger partial charge in [-0.2, -0.15) is 0 Å². The van der Waals surface area contributed by atoms with Gasteiger partial charge in [0.2, 0.25) is 11.8 Å². The number of hydrogen-bond acceptors (Lipinski definition) is 6. The van der Waals surface area contributed by atoms with E-state index < -0.39 is 23.7 Å². The molecule has 0 radical (unpaired) electrons. The van der Waals surface area contributed by atoms with Gasteiger partial charge in [-0.05, 0) is 5.92 Å². The van der Waals surface area contributed by atoms with Crippen LogP contribution in [0.1, 0.15) is 40.0 Å². The summed E-state index contributed by atoms with van der Waals surface area (Å²) in [4.78, 5) is 64.7. The summed E-state index contributed by atoms with van der Waals surface area (Å²) in [5.41, 5.74) is 0. The molecule has 2 saturated heterocycles. The highest BCUT2D eigenvalue weighted by molar-refractivity contribution is 6.04. The summed E-state index contributed by atoms with van der Waals surface area (Å²) < 4.78 is 0. The maximum absolute atomic E-state index is 12.1. The molecule has 2 fully saturated rings. The van der Waals surface area contributed by atoms with E-state index in [0.717, 1.165) is 4.90 Å². The largest absolute Gasteiger partial charge is 0.335 e. The molecule has 0 spiro atoms. The summed E-state index contributed by atoms with van der Waals surface area (Å²) in [6.45, 7) is 5.19. The first-order valence-corrected chi connectivity index (χ1v) is 7.64. The van der Waals surface area contributed by atoms with Crippen molar-refractivity contribution < 1.29 is 28.8 Å². The number of hydrogen-bond donors (Lipinski definition) is 0. The number of likely N-dealkylation sites (tertiary alicyclic amines) is 1. The molecule has 0 saturated carbocycles. The first kappa shape index (κ1) is 17.1. The van der Waals surface area contributed by atoms with E-state index in [0.29, 0.717) is 5.06 Å². The van der Waals surface area contributed by atoms with Crippen LogP contribution < -0.4 is 0 Å². The van der Waals surface area contributed by atoms with Crippen molar-refractivity contribution in [3.63, 3.8) is 0 Å². The molecule has 2 unspecified atom stereocenters. The monoisotopic (exact) mass is 324 g/mol. The minimum Gasteiger partial charge on any atom is -0.330 e. The van der Waals surface area contributed by atoms with E-state index >= 15 is 0 Å². The molecular formula is C15H20N2O6. The number of rotatable bonds is 5. The molecule has 0 N–H and O–H groups in total. The third-order valence-corrected chi connectivity index (χ3v) is 4.15. The standard InChI is InChI=1S/C15H20N2O6/c1-8(2)10-7-11(18)16(15(10)22)5-4-13(20)23-17-12(19)6-9(3)14(17)21/h8-10H,4-7H2,1-3H3. The molecule has 0 aromatic rings. The zero-order valence-electron chi connectivity index (χ0n) is 13.4. The fraction of sp³-hybridized carbons (Fsp3) is 0.667. The Hall–Kier alpha value is -2.25. The SMILES string of the molecule is CC1CC(=O)N(OC(=O)CCN2C(=O)CC(C(C)C)C2=O)C1=O. The van der Waals surface area contributed by atoms with Crippen LogP contribution in [-0.2, 0) is 28.8 Å². The minimum absolute atomic E-state index is 0.00524. The van der Waals surface area contributed by atoms with Crippen LogP contribution in [0.2, 0.25) is 0 Å². The first-order valence-electron chi connectivity index (χ1n) is 7.64. The lowest BCUT2D eigenvalue weighted by molar-refractivity contribution is -0.198. The summed E-state index contributed by atoms with van der Waals surface area (Å²) in [6, 6.07) is 0. The molecule has 4 amide bonds. The van der Waals surface area contributed by atoms with Crippen LogP contribution in [-0.4, -0.2) is 46.1 Å². The van der Waals surface area contributed by atoms with Crippen LogP contribution in [0, 0.1) is 17.8 Å². The lowest BCUT2D eigenvalue weighted by Gasteiger charge is -2.17. The molecule has 0 aromatic heterocycles. The Morgan fingerprint density at radius 2 is 1.78 bits per heavy atom. The molecule has 8 nitrogen and oxygen atoms in total. The lowest BCUT2D eigenvalue weighted by Crippen LogP contribution is -2.36. The maximum atomic E-state index is 12.1. The van der Waals surface area contributed by atoms with E-state index in [-0.39, 0.29) is 49.5 Å². The fourth-order valence-electron chi connectivity index (χ4n) is 2.67. The van der Waals surface area contributed by atoms with E-state index in [9.17, 15) is 24.0 Å². The summed E-state index contributed by atoms with van der Waals surface area (Å²) in [5.74, 6) is -3.38. The van der Waals surface area contributed by atoms with Gasteiger partial charge in [-0.15, -0.1) is 5.06 Å². The molecule has 2 heterocycles. The lowest BCUT2D eigenvalue weighted by atomic mass is 9.94. The van der Waals surface area contributed by atoms with Crippen LogP contribution in [0.25, 0.3) is 0 Å². The van der Waals surface area contributed by atoms with E-state index in [1.165, 1.54) is 0 Å². The fourth-order valence-corrected chi connectivity index (χ4v) is 2.67. The quantitative estimate of drug-likeness (QED) is 0.672. The number of imide groups is 2. The Balaban J connectivity index is 1.88. The van der Waals surface area contributed by atoms with Crippen LogP contribution in [0.15, 0.2) is 0 Å². The van der Waals surface area contributed by atoms with Crippen molar-refractivity contribution in [3.05, 3.63) is 0 Å². The normalized spacial score (nSPS) is 25.0. The Labute approximate surface area is 133 Å². The molecule has 2 aliphatic rings. The zero-order chi connectivity index (χ0) is 17.3. The summed E-state index contributed by atoms with van der Waals surface area (Å²) in [5, 5.41) is 0.470. The van der Waals surface area contributed by atoms with Crippen molar-refractivity contribution in [1.29, 1.82) is 0 Å². The van der Waals surface area contributed by atoms with E-state index in [1.807, 2.05) is 13.8 Å². The molecule has 0 aliphatic carbocycles. The Morgan fingerprint density at radius 3 is 2.26 bits per heavy atom. The molecule has 2 rings (SSSR count). The van der Waals surface area contributed by atoms with Gasteiger partial charge in [0, 0.05) is 31.2 Å². The summed E-state index contributed by atoms with van der Waals surface area (Å²) >= 11 is 0. The average Bonchev–Trinajstić information content (AvgIpc) is 2.88. The third kappa shape index (κ3) is 3.40. The number of hydroxylamine groups is 2. The van der Waals surface area contributed by atoms with Gasteiger partial charge in [0.1, 0.15) is 0 Å². The van der Waals surface area contributed by atoms with Gasteiger partial charge >= 0.3 is 5.97 Å². The Kier molecular flexibility index (Phi) is 4.82. The van der Waals surface area contributed by atoms with Crippen molar-refractivity contribution in [2.75, 3.05) is 6.54 Å². The van der Waals surface area contributed by atoms with Gasteiger partial charge in [0.25, 0.3) is 11.8 Å². The van der Waals surface area contributed by atoms with Crippen molar-refractivity contribution in [2.45, 2.75) is 40.0 Å². The van der Waals surface area contributed by atoms with Gasteiger partial charge < -0.3 is 4.84 Å². The number of carbonyl (C=O) groups excluding carboxylic acids is 5. The molecule has 0 aromatic carbocycles. The topological polar surface area (TPSA) is 101 Å². The van der Waals surface area contributed by atoms with E-state index in [1.54, 1.807) is 6.92 Å². The predicted octanol–water partition coefficient (Wildman–Crippen LogP) is 0.261. The molecule has 2 atom stereocenters. The van der Waals surface area contributed by atoms with Gasteiger partial charge in [-0.1, -0.05) is 20.8 Å². The van der Waals surface area contributed by atoms with Gasteiger partial charge in [0.15, 0.2) is 0 Å². The molecular weight excluding hydrogens is 304 g/mol. The van der Waals surface area contributed by atoms with Gasteiger partial charge in [0.05, 0.1) is 6.42 Å². The molecule has 2 aliphatic heterocycles. The second kappa shape index (κ2) is 6.47. The average molecular weight is 324 g/mol. The molecule has 23 heavy (non-hydrogen) atoms. The first-order chi connectivity index (χ1) is 10.7.